The van der Waals surface area contributed by atoms with E-state index in [0.29, 0.717) is 11.4 Å². The number of nitrogens with zero attached hydrogens (tertiary/aromatic N) is 4. The van der Waals surface area contributed by atoms with E-state index in [9.17, 15) is 5.26 Å². The quantitative estimate of drug-likeness (QED) is 0.165. The average Bonchev–Trinajstić information content (AvgIpc) is 3.65. The van der Waals surface area contributed by atoms with Crippen molar-refractivity contribution in [3.8, 4) is 39.4 Å². The van der Waals surface area contributed by atoms with E-state index in [2.05, 4.69) is 156 Å². The molecule has 0 radical (unpaired) electrons. The van der Waals surface area contributed by atoms with E-state index in [0.717, 1.165) is 79.4 Å². The molecule has 2 unspecified atom stereocenters. The van der Waals surface area contributed by atoms with Crippen LogP contribution in [-0.4, -0.2) is 17.8 Å². The molecule has 0 amide bonds. The van der Waals surface area contributed by atoms with Gasteiger partial charge in [-0.2, -0.15) is 5.26 Å². The molecule has 0 aromatic heterocycles. The molecule has 0 aliphatic carbocycles. The van der Waals surface area contributed by atoms with Crippen LogP contribution in [0.3, 0.4) is 0 Å². The molecule has 2 heterocycles. The fourth-order valence-corrected chi connectivity index (χ4v) is 7.58. The van der Waals surface area contributed by atoms with Crippen LogP contribution >= 0.6 is 0 Å². The standard InChI is InChI=1S/C49H38N6/c1-2-46-51-43-19-11-12-20-44(43)55(46)45-31-33(32-50)21-30-42(45)41-18-10-9-17-40(41)36-26-22-34(23-27-36)35-24-28-39(29-25-35)49-53-47(37-13-5-3-6-14-37)52-48(54-49)38-15-7-4-8-16-38/h3-31,46-47,51H,2H2,1H3,(H,52,53,54). The zero-order chi connectivity index (χ0) is 37.1. The van der Waals surface area contributed by atoms with Crippen molar-refractivity contribution in [3.05, 3.63) is 198 Å². The van der Waals surface area contributed by atoms with Crippen LogP contribution in [-0.2, 0) is 0 Å². The van der Waals surface area contributed by atoms with Crippen LogP contribution in [0.25, 0.3) is 33.4 Å². The van der Waals surface area contributed by atoms with Crippen molar-refractivity contribution in [2.24, 2.45) is 9.98 Å². The van der Waals surface area contributed by atoms with Crippen molar-refractivity contribution in [1.29, 1.82) is 5.26 Å². The van der Waals surface area contributed by atoms with Crippen molar-refractivity contribution in [2.45, 2.75) is 25.7 Å². The van der Waals surface area contributed by atoms with Crippen LogP contribution in [0.2, 0.25) is 0 Å². The molecule has 9 rings (SSSR count). The van der Waals surface area contributed by atoms with Gasteiger partial charge in [0.15, 0.2) is 5.84 Å². The predicted octanol–water partition coefficient (Wildman–Crippen LogP) is 11.4. The van der Waals surface area contributed by atoms with E-state index in [1.54, 1.807) is 0 Å². The molecule has 2 N–H and O–H groups in total. The lowest BCUT2D eigenvalue weighted by atomic mass is 9.91. The van der Waals surface area contributed by atoms with E-state index in [-0.39, 0.29) is 12.3 Å². The number of para-hydroxylation sites is 2. The molecule has 2 atom stereocenters. The molecule has 7 aromatic carbocycles. The zero-order valence-corrected chi connectivity index (χ0v) is 30.4. The Morgan fingerprint density at radius 3 is 1.89 bits per heavy atom. The van der Waals surface area contributed by atoms with Gasteiger partial charge >= 0.3 is 0 Å². The summed E-state index contributed by atoms with van der Waals surface area (Å²) in [5.41, 5.74) is 13.6. The maximum Gasteiger partial charge on any atom is 0.159 e. The van der Waals surface area contributed by atoms with Gasteiger partial charge in [-0.15, -0.1) is 0 Å². The number of anilines is 3. The number of hydrogen-bond donors (Lipinski definition) is 2. The molecule has 55 heavy (non-hydrogen) atoms. The van der Waals surface area contributed by atoms with Gasteiger partial charge in [0.25, 0.3) is 0 Å². The first kappa shape index (κ1) is 33.6. The molecule has 264 valence electrons. The largest absolute Gasteiger partial charge is 0.363 e. The van der Waals surface area contributed by atoms with Gasteiger partial charge in [-0.05, 0) is 64.1 Å². The minimum Gasteiger partial charge on any atom is -0.363 e. The summed E-state index contributed by atoms with van der Waals surface area (Å²) in [6.45, 7) is 2.19. The van der Waals surface area contributed by atoms with E-state index in [1.165, 1.54) is 0 Å². The van der Waals surface area contributed by atoms with Gasteiger partial charge in [0.05, 0.1) is 28.7 Å². The predicted molar refractivity (Wildman–Crippen MR) is 226 cm³/mol. The number of nitriles is 1. The van der Waals surface area contributed by atoms with E-state index < -0.39 is 0 Å². The Morgan fingerprint density at radius 2 is 1.18 bits per heavy atom. The Kier molecular flexibility index (Phi) is 8.95. The monoisotopic (exact) mass is 710 g/mol. The summed E-state index contributed by atoms with van der Waals surface area (Å²) in [4.78, 5) is 12.4. The average molecular weight is 711 g/mol. The summed E-state index contributed by atoms with van der Waals surface area (Å²) < 4.78 is 0. The number of amidine groups is 2. The van der Waals surface area contributed by atoms with Gasteiger partial charge in [-0.1, -0.05) is 159 Å². The number of fused-ring (bicyclic) bond motifs is 1. The van der Waals surface area contributed by atoms with Gasteiger partial charge < -0.3 is 15.5 Å². The fourth-order valence-electron chi connectivity index (χ4n) is 7.58. The number of rotatable bonds is 8. The second-order valence-corrected chi connectivity index (χ2v) is 13.7. The molecular formula is C49H38N6. The van der Waals surface area contributed by atoms with Gasteiger partial charge in [0, 0.05) is 16.7 Å². The lowest BCUT2D eigenvalue weighted by Gasteiger charge is -2.29. The minimum atomic E-state index is -0.240. The summed E-state index contributed by atoms with van der Waals surface area (Å²) in [6, 6.07) is 63.1. The molecule has 6 heteroatoms. The van der Waals surface area contributed by atoms with E-state index in [4.69, 9.17) is 9.98 Å². The third kappa shape index (κ3) is 6.53. The minimum absolute atomic E-state index is 0.0767. The van der Waals surface area contributed by atoms with Crippen molar-refractivity contribution < 1.29 is 0 Å². The van der Waals surface area contributed by atoms with Crippen LogP contribution in [0.15, 0.2) is 186 Å². The topological polar surface area (TPSA) is 75.8 Å². The first-order chi connectivity index (χ1) is 27.2. The number of hydrogen-bond acceptors (Lipinski definition) is 6. The normalized spacial score (nSPS) is 15.9. The third-order valence-electron chi connectivity index (χ3n) is 10.4. The SMILES string of the molecule is CCC1Nc2ccccc2N1c1cc(C#N)ccc1-c1ccccc1-c1ccc(-c2ccc(C3=NC(c4ccccc4)NC(c4ccccc4)=N3)cc2)cc1. The van der Waals surface area contributed by atoms with E-state index in [1.807, 2.05) is 48.5 Å². The van der Waals surface area contributed by atoms with Crippen molar-refractivity contribution in [1.82, 2.24) is 5.32 Å². The Bertz CT molecular complexity index is 2590. The summed E-state index contributed by atoms with van der Waals surface area (Å²) in [5, 5.41) is 17.1. The number of aliphatic imine (C=N–C) groups is 2. The second kappa shape index (κ2) is 14.7. The van der Waals surface area contributed by atoms with Crippen LogP contribution < -0.4 is 15.5 Å². The maximum atomic E-state index is 9.93. The van der Waals surface area contributed by atoms with Crippen molar-refractivity contribution in [3.63, 3.8) is 0 Å². The lowest BCUT2D eigenvalue weighted by molar-refractivity contribution is 0.674. The second-order valence-electron chi connectivity index (χ2n) is 13.7. The van der Waals surface area contributed by atoms with Gasteiger partial charge in [-0.25, -0.2) is 9.98 Å². The molecule has 0 saturated heterocycles. The first-order valence-electron chi connectivity index (χ1n) is 18.7. The van der Waals surface area contributed by atoms with Crippen LogP contribution in [0.4, 0.5) is 17.1 Å². The number of benzene rings is 7. The number of nitrogens with one attached hydrogen (secondary N) is 2. The Morgan fingerprint density at radius 1 is 0.564 bits per heavy atom. The highest BCUT2D eigenvalue weighted by atomic mass is 15.3. The molecule has 2 aliphatic heterocycles. The highest BCUT2D eigenvalue weighted by Crippen LogP contribution is 2.46. The van der Waals surface area contributed by atoms with Gasteiger partial charge in [0.1, 0.15) is 18.2 Å². The van der Waals surface area contributed by atoms with E-state index >= 15 is 0 Å². The summed E-state index contributed by atoms with van der Waals surface area (Å²) in [7, 11) is 0. The highest BCUT2D eigenvalue weighted by molar-refractivity contribution is 6.13. The third-order valence-corrected chi connectivity index (χ3v) is 10.4. The summed E-state index contributed by atoms with van der Waals surface area (Å²) in [5.74, 6) is 1.50. The zero-order valence-electron chi connectivity index (χ0n) is 30.4. The fraction of sp³-hybridized carbons (Fsp3) is 0.0816. The smallest absolute Gasteiger partial charge is 0.159 e. The molecule has 0 saturated carbocycles. The molecule has 0 fully saturated rings. The molecule has 2 aliphatic rings. The molecular weight excluding hydrogens is 673 g/mol. The van der Waals surface area contributed by atoms with Crippen LogP contribution in [0, 0.1) is 11.3 Å². The van der Waals surface area contributed by atoms with Gasteiger partial charge in [0.2, 0.25) is 0 Å². The van der Waals surface area contributed by atoms with Crippen molar-refractivity contribution in [2.75, 3.05) is 10.2 Å². The highest BCUT2D eigenvalue weighted by Gasteiger charge is 2.31. The van der Waals surface area contributed by atoms with Crippen LogP contribution in [0.1, 0.15) is 41.8 Å². The molecule has 6 nitrogen and oxygen atoms in total. The maximum absolute atomic E-state index is 9.93. The molecule has 0 bridgehead atoms. The lowest BCUT2D eigenvalue weighted by Crippen LogP contribution is -2.33. The molecule has 7 aromatic rings. The van der Waals surface area contributed by atoms with Crippen LogP contribution in [0.5, 0.6) is 0 Å². The Hall–Kier alpha value is -7.23. The Labute approximate surface area is 321 Å². The van der Waals surface area contributed by atoms with Gasteiger partial charge in [-0.3, -0.25) is 0 Å². The molecule has 0 spiro atoms. The first-order valence-corrected chi connectivity index (χ1v) is 18.7. The van der Waals surface area contributed by atoms with Crippen molar-refractivity contribution >= 4 is 28.7 Å². The summed E-state index contributed by atoms with van der Waals surface area (Å²) in [6.07, 6.45) is 0.735. The Balaban J connectivity index is 1.03. The summed E-state index contributed by atoms with van der Waals surface area (Å²) >= 11 is 0.